The summed E-state index contributed by atoms with van der Waals surface area (Å²) in [6.07, 6.45) is 0.853. The summed E-state index contributed by atoms with van der Waals surface area (Å²) in [5.41, 5.74) is 0.190. The van der Waals surface area contributed by atoms with E-state index < -0.39 is 11.2 Å². The molecule has 0 unspecified atom stereocenters. The lowest BCUT2D eigenvalue weighted by molar-refractivity contribution is 0.806. The van der Waals surface area contributed by atoms with Gasteiger partial charge in [0.15, 0.2) is 5.03 Å². The van der Waals surface area contributed by atoms with Gasteiger partial charge in [-0.05, 0) is 12.0 Å². The topological polar surface area (TPSA) is 78.6 Å². The van der Waals surface area contributed by atoms with Crippen LogP contribution in [-0.4, -0.2) is 20.9 Å². The van der Waals surface area contributed by atoms with E-state index in [-0.39, 0.29) is 0 Å². The van der Waals surface area contributed by atoms with E-state index in [1.165, 1.54) is 17.3 Å². The van der Waals surface area contributed by atoms with Crippen LogP contribution in [0.3, 0.4) is 0 Å². The molecule has 2 N–H and O–H groups in total. The summed E-state index contributed by atoms with van der Waals surface area (Å²) in [7, 11) is 0. The number of aryl methyl sites for hydroxylation is 1. The minimum atomic E-state index is -0.581. The average Bonchev–Trinajstić information content (AvgIpc) is 2.33. The van der Waals surface area contributed by atoms with Gasteiger partial charge >= 0.3 is 5.69 Å². The number of thioether (sulfide) groups is 1. The van der Waals surface area contributed by atoms with Crippen molar-refractivity contribution in [3.05, 3.63) is 56.7 Å². The van der Waals surface area contributed by atoms with Gasteiger partial charge in [0.05, 0.1) is 0 Å². The molecule has 0 saturated heterocycles. The minimum absolute atomic E-state index is 0.292. The lowest BCUT2D eigenvalue weighted by Crippen LogP contribution is -2.25. The summed E-state index contributed by atoms with van der Waals surface area (Å²) in [6.45, 7) is 0. The van der Waals surface area contributed by atoms with Crippen LogP contribution in [0, 0.1) is 0 Å². The molecule has 5 nitrogen and oxygen atoms in total. The molecule has 0 aliphatic carbocycles. The van der Waals surface area contributed by atoms with E-state index >= 15 is 0 Å². The first-order valence-corrected chi connectivity index (χ1v) is 6.10. The highest BCUT2D eigenvalue weighted by Crippen LogP contribution is 2.11. The molecule has 1 aromatic heterocycles. The third kappa shape index (κ3) is 3.32. The standard InChI is InChI=1S/C11H11N3O2S/c15-9-10(13-14-11(16)12-9)17-7-6-8-4-2-1-3-5-8/h1-5H,6-7H2,(H2,12,14,15,16). The molecular weight excluding hydrogens is 238 g/mol. The summed E-state index contributed by atoms with van der Waals surface area (Å²) in [5.74, 6) is 0.742. The van der Waals surface area contributed by atoms with E-state index in [4.69, 9.17) is 0 Å². The van der Waals surface area contributed by atoms with E-state index in [9.17, 15) is 9.59 Å². The van der Waals surface area contributed by atoms with Gasteiger partial charge in [0.25, 0.3) is 5.56 Å². The smallest absolute Gasteiger partial charge is 0.271 e. The highest BCUT2D eigenvalue weighted by molar-refractivity contribution is 7.99. The Morgan fingerprint density at radius 2 is 1.94 bits per heavy atom. The maximum atomic E-state index is 11.3. The summed E-state index contributed by atoms with van der Waals surface area (Å²) < 4.78 is 0. The minimum Gasteiger partial charge on any atom is -0.271 e. The second-order valence-corrected chi connectivity index (χ2v) is 4.48. The molecule has 6 heteroatoms. The van der Waals surface area contributed by atoms with Gasteiger partial charge in [0, 0.05) is 5.75 Å². The van der Waals surface area contributed by atoms with Crippen molar-refractivity contribution >= 4 is 11.8 Å². The van der Waals surface area contributed by atoms with Crippen molar-refractivity contribution in [3.63, 3.8) is 0 Å². The number of hydrogen-bond donors (Lipinski definition) is 2. The number of nitrogens with one attached hydrogen (secondary N) is 2. The lowest BCUT2D eigenvalue weighted by atomic mass is 10.2. The second-order valence-electron chi connectivity index (χ2n) is 3.40. The Bertz CT molecular complexity index is 591. The maximum absolute atomic E-state index is 11.3. The highest BCUT2D eigenvalue weighted by Gasteiger charge is 2.02. The zero-order valence-electron chi connectivity index (χ0n) is 8.97. The van der Waals surface area contributed by atoms with Gasteiger partial charge < -0.3 is 0 Å². The van der Waals surface area contributed by atoms with E-state index in [0.717, 1.165) is 12.2 Å². The number of aromatic nitrogens is 3. The molecule has 1 heterocycles. The fourth-order valence-corrected chi connectivity index (χ4v) is 2.17. The van der Waals surface area contributed by atoms with E-state index in [1.807, 2.05) is 30.3 Å². The predicted molar refractivity (Wildman–Crippen MR) is 66.3 cm³/mol. The van der Waals surface area contributed by atoms with Crippen LogP contribution in [0.5, 0.6) is 0 Å². The van der Waals surface area contributed by atoms with Crippen molar-refractivity contribution in [3.8, 4) is 0 Å². The molecule has 17 heavy (non-hydrogen) atoms. The molecule has 0 atom stereocenters. The first-order chi connectivity index (χ1) is 8.25. The Morgan fingerprint density at radius 1 is 1.18 bits per heavy atom. The Hall–Kier alpha value is -1.82. The van der Waals surface area contributed by atoms with Crippen molar-refractivity contribution in [2.24, 2.45) is 0 Å². The number of rotatable bonds is 4. The maximum Gasteiger partial charge on any atom is 0.342 e. The van der Waals surface area contributed by atoms with Crippen molar-refractivity contribution in [1.82, 2.24) is 15.2 Å². The molecule has 2 rings (SSSR count). The van der Waals surface area contributed by atoms with Gasteiger partial charge in [-0.15, -0.1) is 0 Å². The van der Waals surface area contributed by atoms with E-state index in [2.05, 4.69) is 15.2 Å². The lowest BCUT2D eigenvalue weighted by Gasteiger charge is -1.99. The molecule has 0 spiro atoms. The first kappa shape index (κ1) is 11.7. The molecular formula is C11H11N3O2S. The molecule has 2 aromatic rings. The van der Waals surface area contributed by atoms with Crippen molar-refractivity contribution in [2.75, 3.05) is 5.75 Å². The first-order valence-electron chi connectivity index (χ1n) is 5.11. The summed E-state index contributed by atoms with van der Waals surface area (Å²) in [4.78, 5) is 24.2. The van der Waals surface area contributed by atoms with Crippen molar-refractivity contribution in [2.45, 2.75) is 11.4 Å². The SMILES string of the molecule is O=c1[nH]nc(SCCc2ccccc2)c(=O)[nH]1. The average molecular weight is 249 g/mol. The van der Waals surface area contributed by atoms with Gasteiger partial charge in [-0.3, -0.25) is 9.78 Å². The molecule has 0 radical (unpaired) electrons. The van der Waals surface area contributed by atoms with Gasteiger partial charge in [-0.25, -0.2) is 9.89 Å². The molecule has 0 bridgehead atoms. The van der Waals surface area contributed by atoms with Crippen LogP contribution >= 0.6 is 11.8 Å². The van der Waals surface area contributed by atoms with Crippen LogP contribution < -0.4 is 11.2 Å². The molecule has 0 amide bonds. The third-order valence-corrected chi connectivity index (χ3v) is 3.11. The molecule has 1 aromatic carbocycles. The molecule has 88 valence electrons. The predicted octanol–water partition coefficient (Wildman–Crippen LogP) is 0.793. The second kappa shape index (κ2) is 5.49. The van der Waals surface area contributed by atoms with Crippen LogP contribution in [0.15, 0.2) is 44.9 Å². The zero-order valence-corrected chi connectivity index (χ0v) is 9.79. The van der Waals surface area contributed by atoms with Crippen molar-refractivity contribution < 1.29 is 0 Å². The number of hydrogen-bond acceptors (Lipinski definition) is 4. The van der Waals surface area contributed by atoms with E-state index in [1.54, 1.807) is 0 Å². The normalized spacial score (nSPS) is 10.4. The van der Waals surface area contributed by atoms with Gasteiger partial charge in [0.1, 0.15) is 0 Å². The molecule has 0 aliphatic rings. The molecule has 0 saturated carbocycles. The Labute approximate surface area is 101 Å². The quantitative estimate of drug-likeness (QED) is 0.785. The van der Waals surface area contributed by atoms with Crippen LogP contribution in [0.2, 0.25) is 0 Å². The number of aromatic amines is 2. The van der Waals surface area contributed by atoms with Gasteiger partial charge in [-0.2, -0.15) is 5.10 Å². The molecule has 0 fully saturated rings. The van der Waals surface area contributed by atoms with E-state index in [0.29, 0.717) is 5.03 Å². The summed E-state index contributed by atoms with van der Waals surface area (Å²) in [5, 5.41) is 6.19. The zero-order chi connectivity index (χ0) is 12.1. The molecule has 0 aliphatic heterocycles. The largest absolute Gasteiger partial charge is 0.342 e. The van der Waals surface area contributed by atoms with Crippen LogP contribution in [0.1, 0.15) is 5.56 Å². The summed E-state index contributed by atoms with van der Waals surface area (Å²) in [6, 6.07) is 9.98. The van der Waals surface area contributed by atoms with Crippen molar-refractivity contribution in [1.29, 1.82) is 0 Å². The van der Waals surface area contributed by atoms with Crippen LogP contribution in [0.4, 0.5) is 0 Å². The third-order valence-electron chi connectivity index (χ3n) is 2.15. The van der Waals surface area contributed by atoms with Gasteiger partial charge in [0.2, 0.25) is 0 Å². The van der Waals surface area contributed by atoms with Crippen LogP contribution in [-0.2, 0) is 6.42 Å². The number of benzene rings is 1. The Balaban J connectivity index is 1.95. The fraction of sp³-hybridized carbons (Fsp3) is 0.182. The number of nitrogens with zero attached hydrogens (tertiary/aromatic N) is 1. The van der Waals surface area contributed by atoms with Crippen LogP contribution in [0.25, 0.3) is 0 Å². The Morgan fingerprint density at radius 3 is 2.65 bits per heavy atom. The number of H-pyrrole nitrogens is 2. The Kier molecular flexibility index (Phi) is 3.77. The highest BCUT2D eigenvalue weighted by atomic mass is 32.2. The van der Waals surface area contributed by atoms with Gasteiger partial charge in [-0.1, -0.05) is 42.1 Å². The monoisotopic (exact) mass is 249 g/mol. The summed E-state index contributed by atoms with van der Waals surface area (Å²) >= 11 is 1.33. The fourth-order valence-electron chi connectivity index (χ4n) is 1.34.